The molecule has 0 spiro atoms. The Hall–Kier alpha value is 0. The van der Waals surface area contributed by atoms with Gasteiger partial charge in [0.25, 0.3) is 0 Å². The minimum Gasteiger partial charge on any atom is -0.0683 e. The van der Waals surface area contributed by atoms with Crippen molar-refractivity contribution in [2.75, 3.05) is 0 Å². The van der Waals surface area contributed by atoms with Crippen molar-refractivity contribution in [1.82, 2.24) is 0 Å². The molecule has 0 aromatic heterocycles. The smallest absolute Gasteiger partial charge is 0.0564 e. The third-order valence-electron chi connectivity index (χ3n) is 0.500. The van der Waals surface area contributed by atoms with Crippen LogP contribution in [0.25, 0.3) is 0 Å². The predicted molar refractivity (Wildman–Crippen MR) is 47.9 cm³/mol. The van der Waals surface area contributed by atoms with Crippen molar-refractivity contribution in [2.45, 2.75) is 60.8 Å². The van der Waals surface area contributed by atoms with Crippen LogP contribution in [0.4, 0.5) is 0 Å². The molecule has 0 aliphatic rings. The van der Waals surface area contributed by atoms with E-state index >= 15 is 0 Å². The summed E-state index contributed by atoms with van der Waals surface area (Å²) in [6.45, 7) is 12.6. The first-order valence-corrected chi connectivity index (χ1v) is 4.33. The number of hydrogen-bond donors (Lipinski definition) is 0. The highest BCUT2D eigenvalue weighted by Gasteiger charge is 1.56. The molecular weight excluding hydrogens is 108 g/mol. The van der Waals surface area contributed by atoms with Crippen LogP contribution < -0.4 is 0 Å². The van der Waals surface area contributed by atoms with Crippen LogP contribution in [-0.2, 0) is 0 Å². The molecule has 0 aromatic carbocycles. The number of rotatable bonds is 1. The van der Waals surface area contributed by atoms with E-state index in [-0.39, 0.29) is 0 Å². The molecule has 0 unspecified atom stereocenters. The van der Waals surface area contributed by atoms with E-state index in [1.54, 1.807) is 0 Å². The van der Waals surface area contributed by atoms with Crippen LogP contribution in [0.15, 0.2) is 0 Å². The zero-order valence-electron chi connectivity index (χ0n) is 8.12. The SMILES string of the molecule is CC.CCC.CCCC. The fourth-order valence-corrected chi connectivity index (χ4v) is 0. The van der Waals surface area contributed by atoms with Gasteiger partial charge in [0.1, 0.15) is 0 Å². The average Bonchev–Trinajstić information content (AvgIpc) is 1.94. The molecule has 0 rings (SSSR count). The molecule has 0 nitrogen and oxygen atoms in total. The molecule has 0 saturated heterocycles. The first-order valence-electron chi connectivity index (χ1n) is 4.33. The summed E-state index contributed by atoms with van der Waals surface area (Å²) >= 11 is 0. The second-order valence-electron chi connectivity index (χ2n) is 1.71. The van der Waals surface area contributed by atoms with Gasteiger partial charge in [-0.15, -0.1) is 0 Å². The molecule has 60 valence electrons. The molecule has 0 radical (unpaired) electrons. The maximum atomic E-state index is 2.18. The van der Waals surface area contributed by atoms with Gasteiger partial charge in [-0.1, -0.05) is 60.8 Å². The summed E-state index contributed by atoms with van der Waals surface area (Å²) in [5.74, 6) is 0. The van der Waals surface area contributed by atoms with E-state index in [1.165, 1.54) is 19.3 Å². The highest BCUT2D eigenvalue weighted by Crippen LogP contribution is 1.76. The van der Waals surface area contributed by atoms with E-state index in [9.17, 15) is 0 Å². The van der Waals surface area contributed by atoms with Crippen molar-refractivity contribution >= 4 is 0 Å². The Morgan fingerprint density at radius 1 is 0.667 bits per heavy atom. The zero-order chi connectivity index (χ0) is 8.12. The van der Waals surface area contributed by atoms with Crippen LogP contribution in [-0.4, -0.2) is 0 Å². The van der Waals surface area contributed by atoms with Crippen LogP contribution >= 0.6 is 0 Å². The van der Waals surface area contributed by atoms with Gasteiger partial charge in [0.05, 0.1) is 0 Å². The quantitative estimate of drug-likeness (QED) is 0.500. The normalized spacial score (nSPS) is 6.00. The predicted octanol–water partition coefficient (Wildman–Crippen LogP) is 4.25. The van der Waals surface area contributed by atoms with Crippen molar-refractivity contribution < 1.29 is 0 Å². The Bertz CT molecular complexity index is 7.51. The second kappa shape index (κ2) is 43.6. The lowest BCUT2D eigenvalue weighted by atomic mass is 10.4. The second-order valence-corrected chi connectivity index (χ2v) is 1.71. The highest BCUT2D eigenvalue weighted by atomic mass is 13.6. The van der Waals surface area contributed by atoms with E-state index in [1.807, 2.05) is 13.8 Å². The van der Waals surface area contributed by atoms with Gasteiger partial charge in [-0.05, 0) is 0 Å². The van der Waals surface area contributed by atoms with E-state index in [2.05, 4.69) is 27.7 Å². The maximum absolute atomic E-state index is 2.18. The summed E-state index contributed by atoms with van der Waals surface area (Å²) in [6.07, 6.45) is 3.89. The van der Waals surface area contributed by atoms with Gasteiger partial charge in [-0.2, -0.15) is 0 Å². The molecule has 0 saturated carbocycles. The van der Waals surface area contributed by atoms with Crippen LogP contribution in [0.3, 0.4) is 0 Å². The Balaban J connectivity index is -0.0000000646. The summed E-state index contributed by atoms with van der Waals surface area (Å²) in [7, 11) is 0. The molecule has 0 heteroatoms. The van der Waals surface area contributed by atoms with Crippen molar-refractivity contribution in [3.05, 3.63) is 0 Å². The largest absolute Gasteiger partial charge is 0.0683 e. The molecule has 0 atom stereocenters. The average molecular weight is 132 g/mol. The third kappa shape index (κ3) is 288. The number of hydrogen-bond acceptors (Lipinski definition) is 0. The van der Waals surface area contributed by atoms with Gasteiger partial charge in [0, 0.05) is 0 Å². The fraction of sp³-hybridized carbons (Fsp3) is 1.00. The van der Waals surface area contributed by atoms with E-state index in [0.717, 1.165) is 0 Å². The summed E-state index contributed by atoms with van der Waals surface area (Å²) in [4.78, 5) is 0. The van der Waals surface area contributed by atoms with E-state index in [0.29, 0.717) is 0 Å². The first kappa shape index (κ1) is 16.0. The zero-order valence-corrected chi connectivity index (χ0v) is 8.12. The molecule has 0 aromatic rings. The molecule has 0 aliphatic heterocycles. The Morgan fingerprint density at radius 3 is 0.778 bits per heavy atom. The van der Waals surface area contributed by atoms with Gasteiger partial charge < -0.3 is 0 Å². The summed E-state index contributed by atoms with van der Waals surface area (Å²) in [5, 5.41) is 0. The van der Waals surface area contributed by atoms with Crippen LogP contribution in [0.2, 0.25) is 0 Å². The summed E-state index contributed by atoms with van der Waals surface area (Å²) < 4.78 is 0. The molecule has 0 heterocycles. The fourth-order valence-electron chi connectivity index (χ4n) is 0. The van der Waals surface area contributed by atoms with Crippen LogP contribution in [0.5, 0.6) is 0 Å². The maximum Gasteiger partial charge on any atom is -0.0564 e. The lowest BCUT2D eigenvalue weighted by molar-refractivity contribution is 0.886. The molecule has 0 amide bonds. The molecule has 0 fully saturated rings. The van der Waals surface area contributed by atoms with Gasteiger partial charge in [0.2, 0.25) is 0 Å². The van der Waals surface area contributed by atoms with Crippen LogP contribution in [0, 0.1) is 0 Å². The third-order valence-corrected chi connectivity index (χ3v) is 0.500. The minimum atomic E-state index is 1.25. The standard InChI is InChI=1S/C4H10.C3H8.C2H6/c1-3-4-2;1-3-2;1-2/h3-4H2,1-2H3;3H2,1-2H3;1-2H3. The van der Waals surface area contributed by atoms with Gasteiger partial charge >= 0.3 is 0 Å². The van der Waals surface area contributed by atoms with E-state index < -0.39 is 0 Å². The number of unbranched alkanes of at least 4 members (excludes halogenated alkanes) is 1. The first-order chi connectivity index (χ1) is 4.33. The molecule has 0 aliphatic carbocycles. The van der Waals surface area contributed by atoms with Crippen molar-refractivity contribution in [2.24, 2.45) is 0 Å². The lowest BCUT2D eigenvalue weighted by Crippen LogP contribution is -1.47. The Kier molecular flexibility index (Phi) is 77.4. The van der Waals surface area contributed by atoms with Crippen molar-refractivity contribution in [1.29, 1.82) is 0 Å². The minimum absolute atomic E-state index is 1.25. The molecule has 0 bridgehead atoms. The Morgan fingerprint density at radius 2 is 0.778 bits per heavy atom. The summed E-state index contributed by atoms with van der Waals surface area (Å²) in [5.41, 5.74) is 0. The van der Waals surface area contributed by atoms with Gasteiger partial charge in [-0.3, -0.25) is 0 Å². The summed E-state index contributed by atoms with van der Waals surface area (Å²) in [6, 6.07) is 0. The highest BCUT2D eigenvalue weighted by molar-refractivity contribution is 4.12. The van der Waals surface area contributed by atoms with Gasteiger partial charge in [-0.25, -0.2) is 0 Å². The topological polar surface area (TPSA) is 0 Å². The molecular formula is C9H24. The van der Waals surface area contributed by atoms with Gasteiger partial charge in [0.15, 0.2) is 0 Å². The van der Waals surface area contributed by atoms with E-state index in [4.69, 9.17) is 0 Å². The molecule has 0 N–H and O–H groups in total. The molecule has 9 heavy (non-hydrogen) atoms. The Labute approximate surface area is 61.7 Å². The lowest BCUT2D eigenvalue weighted by Gasteiger charge is -1.68. The van der Waals surface area contributed by atoms with Crippen LogP contribution in [0.1, 0.15) is 60.8 Å². The van der Waals surface area contributed by atoms with Crippen molar-refractivity contribution in [3.8, 4) is 0 Å². The monoisotopic (exact) mass is 132 g/mol. The van der Waals surface area contributed by atoms with Crippen molar-refractivity contribution in [3.63, 3.8) is 0 Å².